The van der Waals surface area contributed by atoms with Gasteiger partial charge in [-0.1, -0.05) is 5.92 Å². The molecule has 13 heteroatoms. The van der Waals surface area contributed by atoms with Crippen LogP contribution in [-0.4, -0.2) is 174 Å². The molecule has 13 nitrogen and oxygen atoms in total. The zero-order valence-corrected chi connectivity index (χ0v) is 29.2. The molecule has 0 bridgehead atoms. The van der Waals surface area contributed by atoms with Gasteiger partial charge in [-0.3, -0.25) is 9.80 Å². The van der Waals surface area contributed by atoms with Crippen LogP contribution in [-0.2, 0) is 33.2 Å². The van der Waals surface area contributed by atoms with Gasteiger partial charge >= 0.3 is 6.09 Å². The minimum Gasteiger partial charge on any atom is -0.444 e. The Kier molecular flexibility index (Phi) is 19.5. The summed E-state index contributed by atoms with van der Waals surface area (Å²) in [7, 11) is 0. The average molecular weight is 659 g/mol. The highest BCUT2D eigenvalue weighted by Crippen LogP contribution is 2.28. The van der Waals surface area contributed by atoms with Crippen LogP contribution in [0, 0.1) is 12.3 Å². The Bertz CT molecular complexity index is 847. The second-order valence-corrected chi connectivity index (χ2v) is 13.3. The molecule has 2 rings (SSSR count). The molecule has 0 radical (unpaired) electrons. The predicted molar refractivity (Wildman–Crippen MR) is 176 cm³/mol. The van der Waals surface area contributed by atoms with Crippen LogP contribution in [0.5, 0.6) is 0 Å². The van der Waals surface area contributed by atoms with E-state index in [1.807, 2.05) is 34.6 Å². The number of nitrogens with one attached hydrogen (secondary N) is 1. The van der Waals surface area contributed by atoms with Crippen LogP contribution in [0.1, 0.15) is 47.5 Å². The van der Waals surface area contributed by atoms with Crippen LogP contribution in [0.25, 0.3) is 0 Å². The number of alkyl carbamates (subject to hydrolysis) is 1. The Morgan fingerprint density at radius 1 is 0.870 bits per heavy atom. The van der Waals surface area contributed by atoms with Gasteiger partial charge in [0.15, 0.2) is 5.79 Å². The van der Waals surface area contributed by atoms with E-state index < -0.39 is 23.0 Å². The maximum atomic E-state index is 12.1. The van der Waals surface area contributed by atoms with Gasteiger partial charge in [-0.15, -0.1) is 6.42 Å². The SMILES string of the molecule is C#CCOCCOCCOCCOCCN1CCN(CCCN(CCCNC(=O)OC(C)(C)C)C2(CO)COC(C)(C)OC2)CC1. The summed E-state index contributed by atoms with van der Waals surface area (Å²) in [6.45, 7) is 22.2. The normalized spacial score (nSPS) is 18.8. The van der Waals surface area contributed by atoms with E-state index in [-0.39, 0.29) is 6.61 Å². The molecular weight excluding hydrogens is 596 g/mol. The van der Waals surface area contributed by atoms with E-state index in [1.165, 1.54) is 0 Å². The van der Waals surface area contributed by atoms with Crippen molar-refractivity contribution in [1.29, 1.82) is 0 Å². The maximum Gasteiger partial charge on any atom is 0.407 e. The van der Waals surface area contributed by atoms with Gasteiger partial charge in [0.2, 0.25) is 0 Å². The smallest absolute Gasteiger partial charge is 0.407 e. The van der Waals surface area contributed by atoms with Gasteiger partial charge in [0.05, 0.1) is 71.6 Å². The van der Waals surface area contributed by atoms with Crippen molar-refractivity contribution in [2.45, 2.75) is 64.4 Å². The third-order valence-electron chi connectivity index (χ3n) is 7.84. The van der Waals surface area contributed by atoms with E-state index in [0.29, 0.717) is 79.2 Å². The predicted octanol–water partition coefficient (Wildman–Crippen LogP) is 1.42. The number of carbonyl (C=O) groups excluding carboxylic acids is 1. The molecule has 2 aliphatic heterocycles. The molecule has 2 heterocycles. The van der Waals surface area contributed by atoms with Crippen LogP contribution in [0.3, 0.4) is 0 Å². The van der Waals surface area contributed by atoms with Crippen LogP contribution >= 0.6 is 0 Å². The number of ether oxygens (including phenoxy) is 7. The molecule has 0 atom stereocenters. The zero-order valence-electron chi connectivity index (χ0n) is 29.2. The van der Waals surface area contributed by atoms with E-state index in [1.54, 1.807) is 0 Å². The van der Waals surface area contributed by atoms with Crippen molar-refractivity contribution in [3.05, 3.63) is 0 Å². The Hall–Kier alpha value is -1.57. The molecule has 2 fully saturated rings. The standard InChI is InChI=1S/C33H62N4O9/c1-7-19-40-21-23-42-25-26-43-24-22-41-20-18-36-16-14-35(15-17-36)11-9-13-37(12-8-10-34-30(39)46-31(2,3)4)33(27-38)28-44-32(5,6)45-29-33/h1,38H,8-29H2,2-6H3,(H,34,39). The van der Waals surface area contributed by atoms with Gasteiger partial charge in [-0.2, -0.15) is 0 Å². The van der Waals surface area contributed by atoms with Crippen LogP contribution in [0.15, 0.2) is 0 Å². The van der Waals surface area contributed by atoms with Gasteiger partial charge in [0.1, 0.15) is 12.2 Å². The van der Waals surface area contributed by atoms with E-state index in [9.17, 15) is 9.90 Å². The molecule has 46 heavy (non-hydrogen) atoms. The molecular formula is C33H62N4O9. The van der Waals surface area contributed by atoms with Crippen molar-refractivity contribution in [2.24, 2.45) is 0 Å². The summed E-state index contributed by atoms with van der Waals surface area (Å²) in [5.41, 5.74) is -1.15. The van der Waals surface area contributed by atoms with Crippen LogP contribution in [0.2, 0.25) is 0 Å². The van der Waals surface area contributed by atoms with E-state index in [0.717, 1.165) is 58.7 Å². The highest BCUT2D eigenvalue weighted by molar-refractivity contribution is 5.67. The number of aliphatic hydroxyl groups excluding tert-OH is 1. The molecule has 0 unspecified atom stereocenters. The summed E-state index contributed by atoms with van der Waals surface area (Å²) >= 11 is 0. The highest BCUT2D eigenvalue weighted by Gasteiger charge is 2.43. The zero-order chi connectivity index (χ0) is 33.7. The lowest BCUT2D eigenvalue weighted by molar-refractivity contribution is -0.292. The molecule has 0 aromatic carbocycles. The Balaban J connectivity index is 1.63. The number of hydrogen-bond acceptors (Lipinski definition) is 12. The minimum atomic E-state index is -0.671. The summed E-state index contributed by atoms with van der Waals surface area (Å²) in [6, 6.07) is 0. The molecule has 2 N–H and O–H groups in total. The number of rotatable bonds is 23. The van der Waals surface area contributed by atoms with Crippen molar-refractivity contribution in [3.8, 4) is 12.3 Å². The fraction of sp³-hybridized carbons (Fsp3) is 0.909. The molecule has 2 saturated heterocycles. The molecule has 0 aliphatic carbocycles. The maximum absolute atomic E-state index is 12.1. The first-order valence-electron chi connectivity index (χ1n) is 16.8. The molecule has 0 aromatic rings. The van der Waals surface area contributed by atoms with Gasteiger partial charge in [-0.05, 0) is 54.0 Å². The summed E-state index contributed by atoms with van der Waals surface area (Å²) in [4.78, 5) is 19.3. The van der Waals surface area contributed by atoms with Crippen molar-refractivity contribution in [1.82, 2.24) is 20.0 Å². The molecule has 0 saturated carbocycles. The second-order valence-electron chi connectivity index (χ2n) is 13.3. The average Bonchev–Trinajstić information content (AvgIpc) is 3.01. The second kappa shape index (κ2) is 22.1. The first-order valence-corrected chi connectivity index (χ1v) is 16.8. The number of piperazine rings is 1. The minimum absolute atomic E-state index is 0.0616. The summed E-state index contributed by atoms with van der Waals surface area (Å²) in [5.74, 6) is 1.75. The van der Waals surface area contributed by atoms with E-state index in [2.05, 4.69) is 25.9 Å². The fourth-order valence-electron chi connectivity index (χ4n) is 5.14. The number of carbonyl (C=O) groups is 1. The number of nitrogens with zero attached hydrogens (tertiary/aromatic N) is 3. The largest absolute Gasteiger partial charge is 0.444 e. The molecule has 1 amide bonds. The Morgan fingerprint density at radius 2 is 1.39 bits per heavy atom. The molecule has 268 valence electrons. The summed E-state index contributed by atoms with van der Waals surface area (Å²) in [6.07, 6.45) is 6.37. The third kappa shape index (κ3) is 17.5. The fourth-order valence-corrected chi connectivity index (χ4v) is 5.14. The number of aliphatic hydroxyl groups is 1. The lowest BCUT2D eigenvalue weighted by atomic mass is 9.97. The van der Waals surface area contributed by atoms with Crippen molar-refractivity contribution in [2.75, 3.05) is 132 Å². The number of terminal acetylenes is 1. The molecule has 2 aliphatic rings. The monoisotopic (exact) mass is 658 g/mol. The number of amides is 1. The van der Waals surface area contributed by atoms with Gasteiger partial charge in [0.25, 0.3) is 0 Å². The van der Waals surface area contributed by atoms with E-state index in [4.69, 9.17) is 39.6 Å². The Morgan fingerprint density at radius 3 is 1.93 bits per heavy atom. The lowest BCUT2D eigenvalue weighted by Crippen LogP contribution is -2.63. The first kappa shape index (κ1) is 40.6. The van der Waals surface area contributed by atoms with Crippen LogP contribution in [0.4, 0.5) is 4.79 Å². The topological polar surface area (TPSA) is 124 Å². The van der Waals surface area contributed by atoms with Crippen LogP contribution < -0.4 is 5.32 Å². The summed E-state index contributed by atoms with van der Waals surface area (Å²) in [5, 5.41) is 13.3. The van der Waals surface area contributed by atoms with Gasteiger partial charge in [0, 0.05) is 52.4 Å². The number of hydrogen-bond donors (Lipinski definition) is 2. The first-order chi connectivity index (χ1) is 22.0. The van der Waals surface area contributed by atoms with Crippen molar-refractivity contribution in [3.63, 3.8) is 0 Å². The summed E-state index contributed by atoms with van der Waals surface area (Å²) < 4.78 is 39.2. The van der Waals surface area contributed by atoms with E-state index >= 15 is 0 Å². The van der Waals surface area contributed by atoms with Gasteiger partial charge < -0.3 is 48.5 Å². The molecule has 0 spiro atoms. The van der Waals surface area contributed by atoms with Gasteiger partial charge in [-0.25, -0.2) is 4.79 Å². The van der Waals surface area contributed by atoms with Crippen molar-refractivity contribution >= 4 is 6.09 Å². The Labute approximate surface area is 277 Å². The lowest BCUT2D eigenvalue weighted by Gasteiger charge is -2.49. The highest BCUT2D eigenvalue weighted by atomic mass is 16.7. The quantitative estimate of drug-likeness (QED) is 0.122. The third-order valence-corrected chi connectivity index (χ3v) is 7.84. The van der Waals surface area contributed by atoms with Crippen molar-refractivity contribution < 1.29 is 43.1 Å². The molecule has 0 aromatic heterocycles.